The summed E-state index contributed by atoms with van der Waals surface area (Å²) in [6.07, 6.45) is 4.03. The van der Waals surface area contributed by atoms with Crippen LogP contribution in [0.25, 0.3) is 28.1 Å². The van der Waals surface area contributed by atoms with Crippen LogP contribution in [0.4, 0.5) is 4.39 Å². The Balaban J connectivity index is 1.65. The maximum atomic E-state index is 12.1. The molecule has 4 aromatic rings. The topological polar surface area (TPSA) is 52.3 Å². The van der Waals surface area contributed by atoms with Crippen molar-refractivity contribution in [2.75, 3.05) is 13.3 Å². The maximum absolute atomic E-state index is 12.1. The molecule has 0 fully saturated rings. The van der Waals surface area contributed by atoms with Crippen molar-refractivity contribution >= 4 is 16.8 Å². The molecule has 5 nitrogen and oxygen atoms in total. The van der Waals surface area contributed by atoms with E-state index in [1.807, 2.05) is 47.0 Å². The zero-order valence-electron chi connectivity index (χ0n) is 12.9. The average molecular weight is 322 g/mol. The Morgan fingerprint density at radius 2 is 1.96 bits per heavy atom. The van der Waals surface area contributed by atoms with E-state index in [2.05, 4.69) is 15.0 Å². The van der Waals surface area contributed by atoms with E-state index in [9.17, 15) is 4.39 Å². The number of hydrogen-bond donors (Lipinski definition) is 0. The first kappa shape index (κ1) is 14.6. The average Bonchev–Trinajstić information content (AvgIpc) is 3.00. The van der Waals surface area contributed by atoms with Gasteiger partial charge in [-0.25, -0.2) is 15.0 Å². The number of benzene rings is 1. The van der Waals surface area contributed by atoms with Crippen molar-refractivity contribution in [3.63, 3.8) is 0 Å². The molecule has 0 amide bonds. The van der Waals surface area contributed by atoms with Crippen molar-refractivity contribution in [2.45, 2.75) is 6.42 Å². The molecule has 3 heterocycles. The van der Waals surface area contributed by atoms with Crippen LogP contribution in [0.15, 0.2) is 54.9 Å². The monoisotopic (exact) mass is 322 g/mol. The molecular weight excluding hydrogens is 307 g/mol. The lowest BCUT2D eigenvalue weighted by atomic mass is 10.2. The number of alkyl halides is 1. The number of para-hydroxylation sites is 2. The normalized spacial score (nSPS) is 11.2. The molecule has 0 unspecified atom stereocenters. The molecule has 0 N–H and O–H groups in total. The number of aromatic nitrogens is 4. The van der Waals surface area contributed by atoms with Gasteiger partial charge in [-0.15, -0.1) is 0 Å². The quantitative estimate of drug-likeness (QED) is 0.526. The van der Waals surface area contributed by atoms with Gasteiger partial charge in [0.15, 0.2) is 0 Å². The predicted molar refractivity (Wildman–Crippen MR) is 89.8 cm³/mol. The van der Waals surface area contributed by atoms with E-state index in [1.54, 1.807) is 12.3 Å². The molecule has 0 aliphatic carbocycles. The lowest BCUT2D eigenvalue weighted by Crippen LogP contribution is -1.99. The van der Waals surface area contributed by atoms with Gasteiger partial charge in [0.05, 0.1) is 30.0 Å². The van der Waals surface area contributed by atoms with E-state index in [1.165, 1.54) is 0 Å². The van der Waals surface area contributed by atoms with E-state index in [0.717, 1.165) is 22.3 Å². The third kappa shape index (κ3) is 2.67. The minimum Gasteiger partial charge on any atom is -0.478 e. The van der Waals surface area contributed by atoms with Crippen LogP contribution >= 0.6 is 0 Å². The van der Waals surface area contributed by atoms with Gasteiger partial charge in [-0.3, -0.25) is 8.79 Å². The number of halogens is 1. The predicted octanol–water partition coefficient (Wildman–Crippen LogP) is 3.68. The van der Waals surface area contributed by atoms with E-state index >= 15 is 0 Å². The highest BCUT2D eigenvalue weighted by atomic mass is 19.1. The molecule has 0 aliphatic rings. The van der Waals surface area contributed by atoms with Crippen LogP contribution in [0.1, 0.15) is 6.42 Å². The zero-order valence-corrected chi connectivity index (χ0v) is 12.9. The zero-order chi connectivity index (χ0) is 16.4. The molecule has 0 radical (unpaired) electrons. The van der Waals surface area contributed by atoms with Gasteiger partial charge in [-0.05, 0) is 24.3 Å². The largest absolute Gasteiger partial charge is 0.478 e. The van der Waals surface area contributed by atoms with Crippen LogP contribution < -0.4 is 4.74 Å². The Morgan fingerprint density at radius 1 is 1.04 bits per heavy atom. The highest BCUT2D eigenvalue weighted by Crippen LogP contribution is 2.21. The fraction of sp³-hybridized carbons (Fsp3) is 0.167. The maximum Gasteiger partial charge on any atom is 0.235 e. The standard InChI is InChI=1S/C18H15FN4O/c19-9-3-11-24-17-7-6-13(12-20-17)14-8-10-23-16-5-2-1-4-15(16)22-18(23)21-14/h1-2,4-8,10,12H,3,9,11H2. The van der Waals surface area contributed by atoms with Crippen LogP contribution in [-0.2, 0) is 0 Å². The summed E-state index contributed by atoms with van der Waals surface area (Å²) in [6, 6.07) is 13.5. The summed E-state index contributed by atoms with van der Waals surface area (Å²) in [7, 11) is 0. The van der Waals surface area contributed by atoms with Crippen LogP contribution in [0.3, 0.4) is 0 Å². The van der Waals surface area contributed by atoms with E-state index < -0.39 is 0 Å². The molecule has 0 atom stereocenters. The fourth-order valence-electron chi connectivity index (χ4n) is 2.56. The molecule has 3 aromatic heterocycles. The molecule has 4 rings (SSSR count). The highest BCUT2D eigenvalue weighted by Gasteiger charge is 2.07. The molecule has 0 aliphatic heterocycles. The van der Waals surface area contributed by atoms with E-state index in [-0.39, 0.29) is 6.67 Å². The van der Waals surface area contributed by atoms with Gasteiger partial charge in [0, 0.05) is 30.4 Å². The molecule has 0 bridgehead atoms. The molecule has 0 saturated carbocycles. The summed E-state index contributed by atoms with van der Waals surface area (Å²) >= 11 is 0. The second-order valence-corrected chi connectivity index (χ2v) is 5.36. The van der Waals surface area contributed by atoms with Crippen LogP contribution in [0.2, 0.25) is 0 Å². The minimum absolute atomic E-state index is 0.327. The molecular formula is C18H15FN4O. The molecule has 0 spiro atoms. The van der Waals surface area contributed by atoms with Crippen molar-refractivity contribution < 1.29 is 9.13 Å². The van der Waals surface area contributed by atoms with Gasteiger partial charge >= 0.3 is 0 Å². The SMILES string of the molecule is FCCCOc1ccc(-c2ccn3c(n2)nc2ccccc23)cn1. The number of imidazole rings is 1. The van der Waals surface area contributed by atoms with Gasteiger partial charge in [0.1, 0.15) is 0 Å². The summed E-state index contributed by atoms with van der Waals surface area (Å²) in [5.41, 5.74) is 3.61. The number of rotatable bonds is 5. The first-order chi connectivity index (χ1) is 11.8. The number of pyridine rings is 1. The minimum atomic E-state index is -0.388. The molecule has 0 saturated heterocycles. The summed E-state index contributed by atoms with van der Waals surface area (Å²) in [4.78, 5) is 13.4. The van der Waals surface area contributed by atoms with Crippen molar-refractivity contribution in [3.05, 3.63) is 54.9 Å². The third-order valence-electron chi connectivity index (χ3n) is 3.74. The second-order valence-electron chi connectivity index (χ2n) is 5.36. The van der Waals surface area contributed by atoms with Gasteiger partial charge in [-0.1, -0.05) is 12.1 Å². The van der Waals surface area contributed by atoms with Gasteiger partial charge in [0.25, 0.3) is 0 Å². The highest BCUT2D eigenvalue weighted by molar-refractivity contribution is 5.79. The van der Waals surface area contributed by atoms with Crippen molar-refractivity contribution in [1.82, 2.24) is 19.4 Å². The molecule has 24 heavy (non-hydrogen) atoms. The Labute approximate surface area is 137 Å². The van der Waals surface area contributed by atoms with Crippen LogP contribution in [0.5, 0.6) is 5.88 Å². The molecule has 120 valence electrons. The van der Waals surface area contributed by atoms with Gasteiger partial charge in [-0.2, -0.15) is 0 Å². The summed E-state index contributed by atoms with van der Waals surface area (Å²) in [6.45, 7) is -0.0611. The van der Waals surface area contributed by atoms with E-state index in [4.69, 9.17) is 4.74 Å². The van der Waals surface area contributed by atoms with Crippen molar-refractivity contribution in [3.8, 4) is 17.1 Å². The molecule has 6 heteroatoms. The number of nitrogens with zero attached hydrogens (tertiary/aromatic N) is 4. The first-order valence-electron chi connectivity index (χ1n) is 7.74. The van der Waals surface area contributed by atoms with Crippen molar-refractivity contribution in [1.29, 1.82) is 0 Å². The van der Waals surface area contributed by atoms with Crippen LogP contribution in [-0.4, -0.2) is 32.6 Å². The second kappa shape index (κ2) is 6.23. The Kier molecular flexibility index (Phi) is 3.78. The van der Waals surface area contributed by atoms with E-state index in [0.29, 0.717) is 24.7 Å². The fourth-order valence-corrected chi connectivity index (χ4v) is 2.56. The number of fused-ring (bicyclic) bond motifs is 3. The Hall–Kier alpha value is -3.02. The lowest BCUT2D eigenvalue weighted by molar-refractivity contribution is 0.280. The Morgan fingerprint density at radius 3 is 2.79 bits per heavy atom. The molecule has 1 aromatic carbocycles. The summed E-state index contributed by atoms with van der Waals surface area (Å²) in [5.74, 6) is 1.14. The smallest absolute Gasteiger partial charge is 0.235 e. The Bertz CT molecular complexity index is 981. The third-order valence-corrected chi connectivity index (χ3v) is 3.74. The lowest BCUT2D eigenvalue weighted by Gasteiger charge is -2.05. The van der Waals surface area contributed by atoms with Gasteiger partial charge < -0.3 is 4.74 Å². The van der Waals surface area contributed by atoms with Gasteiger partial charge in [0.2, 0.25) is 11.7 Å². The summed E-state index contributed by atoms with van der Waals surface area (Å²) in [5, 5.41) is 0. The van der Waals surface area contributed by atoms with Crippen LogP contribution in [0, 0.1) is 0 Å². The number of ether oxygens (including phenoxy) is 1. The number of hydrogen-bond acceptors (Lipinski definition) is 4. The first-order valence-corrected chi connectivity index (χ1v) is 7.74. The van der Waals surface area contributed by atoms with Crippen molar-refractivity contribution in [2.24, 2.45) is 0 Å². The summed E-state index contributed by atoms with van der Waals surface area (Å²) < 4.78 is 19.4.